The highest BCUT2D eigenvalue weighted by molar-refractivity contribution is 5.41. The van der Waals surface area contributed by atoms with Gasteiger partial charge in [0.05, 0.1) is 0 Å². The number of hydrogen-bond acceptors (Lipinski definition) is 3. The van der Waals surface area contributed by atoms with Crippen molar-refractivity contribution in [3.05, 3.63) is 23.8 Å². The molecule has 1 aliphatic carbocycles. The molecule has 1 saturated carbocycles. The zero-order valence-electron chi connectivity index (χ0n) is 7.98. The van der Waals surface area contributed by atoms with Gasteiger partial charge in [-0.3, -0.25) is 0 Å². The summed E-state index contributed by atoms with van der Waals surface area (Å²) in [5.41, 5.74) is 6.75. The molecule has 1 fully saturated rings. The van der Waals surface area contributed by atoms with Crippen LogP contribution in [0.2, 0.25) is 0 Å². The summed E-state index contributed by atoms with van der Waals surface area (Å²) >= 11 is 0. The van der Waals surface area contributed by atoms with Gasteiger partial charge in [0.1, 0.15) is 11.5 Å². The van der Waals surface area contributed by atoms with Crippen molar-refractivity contribution in [1.82, 2.24) is 0 Å². The molecule has 3 nitrogen and oxygen atoms in total. The fraction of sp³-hybridized carbons (Fsp3) is 0.455. The standard InChI is InChI=1S/C11H15NO2/c12-11(7-2-1-3-7)9-5-4-8(13)6-10(9)14/h4-7,11,13-14H,1-3,12H2. The lowest BCUT2D eigenvalue weighted by molar-refractivity contribution is 0.260. The molecule has 1 aromatic carbocycles. The monoisotopic (exact) mass is 193 g/mol. The van der Waals surface area contributed by atoms with Gasteiger partial charge >= 0.3 is 0 Å². The highest BCUT2D eigenvalue weighted by Crippen LogP contribution is 2.39. The van der Waals surface area contributed by atoms with Gasteiger partial charge in [-0.25, -0.2) is 0 Å². The molecule has 0 aliphatic heterocycles. The molecule has 3 heteroatoms. The number of aromatic hydroxyl groups is 2. The van der Waals surface area contributed by atoms with Crippen molar-refractivity contribution >= 4 is 0 Å². The van der Waals surface area contributed by atoms with E-state index in [1.807, 2.05) is 0 Å². The van der Waals surface area contributed by atoms with Gasteiger partial charge in [-0.1, -0.05) is 12.5 Å². The molecule has 0 amide bonds. The van der Waals surface area contributed by atoms with E-state index in [9.17, 15) is 5.11 Å². The number of rotatable bonds is 2. The first kappa shape index (κ1) is 9.34. The van der Waals surface area contributed by atoms with E-state index in [0.29, 0.717) is 5.92 Å². The van der Waals surface area contributed by atoms with Gasteiger partial charge in [-0.05, 0) is 24.8 Å². The summed E-state index contributed by atoms with van der Waals surface area (Å²) in [5.74, 6) is 0.668. The average Bonchev–Trinajstić information content (AvgIpc) is 2.00. The van der Waals surface area contributed by atoms with E-state index in [1.165, 1.54) is 12.5 Å². The Bertz CT molecular complexity index is 334. The van der Waals surface area contributed by atoms with Crippen molar-refractivity contribution in [1.29, 1.82) is 0 Å². The van der Waals surface area contributed by atoms with Crippen LogP contribution in [0.3, 0.4) is 0 Å². The summed E-state index contributed by atoms with van der Waals surface area (Å²) in [5, 5.41) is 18.7. The van der Waals surface area contributed by atoms with E-state index < -0.39 is 0 Å². The maximum Gasteiger partial charge on any atom is 0.124 e. The van der Waals surface area contributed by atoms with E-state index in [-0.39, 0.29) is 17.5 Å². The first-order valence-electron chi connectivity index (χ1n) is 4.96. The summed E-state index contributed by atoms with van der Waals surface area (Å²) in [6.07, 6.45) is 3.51. The Kier molecular flexibility index (Phi) is 2.33. The van der Waals surface area contributed by atoms with E-state index in [1.54, 1.807) is 12.1 Å². The Labute approximate surface area is 83.2 Å². The number of hydrogen-bond donors (Lipinski definition) is 3. The molecular weight excluding hydrogens is 178 g/mol. The second kappa shape index (κ2) is 3.50. The predicted octanol–water partition coefficient (Wildman–Crippen LogP) is 1.90. The van der Waals surface area contributed by atoms with Crippen molar-refractivity contribution in [2.75, 3.05) is 0 Å². The highest BCUT2D eigenvalue weighted by atomic mass is 16.3. The fourth-order valence-corrected chi connectivity index (χ4v) is 1.87. The van der Waals surface area contributed by atoms with Crippen LogP contribution in [0, 0.1) is 5.92 Å². The number of benzene rings is 1. The normalized spacial score (nSPS) is 18.9. The second-order valence-corrected chi connectivity index (χ2v) is 3.96. The molecule has 1 unspecified atom stereocenters. The Morgan fingerprint density at radius 1 is 1.29 bits per heavy atom. The minimum Gasteiger partial charge on any atom is -0.508 e. The summed E-state index contributed by atoms with van der Waals surface area (Å²) < 4.78 is 0. The molecule has 0 radical (unpaired) electrons. The molecule has 76 valence electrons. The minimum absolute atomic E-state index is 0.0760. The average molecular weight is 193 g/mol. The van der Waals surface area contributed by atoms with Crippen LogP contribution < -0.4 is 5.73 Å². The molecule has 2 rings (SSSR count). The van der Waals surface area contributed by atoms with Crippen LogP contribution in [-0.2, 0) is 0 Å². The van der Waals surface area contributed by atoms with Crippen LogP contribution in [0.1, 0.15) is 30.9 Å². The summed E-state index contributed by atoms with van der Waals surface area (Å²) in [7, 11) is 0. The largest absolute Gasteiger partial charge is 0.508 e. The number of phenols is 2. The first-order valence-corrected chi connectivity index (χ1v) is 4.96. The lowest BCUT2D eigenvalue weighted by Gasteiger charge is -2.31. The minimum atomic E-state index is -0.0932. The van der Waals surface area contributed by atoms with Crippen molar-refractivity contribution in [2.45, 2.75) is 25.3 Å². The van der Waals surface area contributed by atoms with Crippen LogP contribution >= 0.6 is 0 Å². The molecular formula is C11H15NO2. The van der Waals surface area contributed by atoms with E-state index in [4.69, 9.17) is 10.8 Å². The fourth-order valence-electron chi connectivity index (χ4n) is 1.87. The van der Waals surface area contributed by atoms with E-state index in [0.717, 1.165) is 18.4 Å². The van der Waals surface area contributed by atoms with Crippen LogP contribution in [0.5, 0.6) is 11.5 Å². The molecule has 1 aliphatic rings. The van der Waals surface area contributed by atoms with Gasteiger partial charge < -0.3 is 15.9 Å². The Morgan fingerprint density at radius 3 is 2.50 bits per heavy atom. The topological polar surface area (TPSA) is 66.5 Å². The molecule has 1 aromatic rings. The lowest BCUT2D eigenvalue weighted by Crippen LogP contribution is -2.26. The van der Waals surface area contributed by atoms with Crippen molar-refractivity contribution in [2.24, 2.45) is 11.7 Å². The van der Waals surface area contributed by atoms with Crippen molar-refractivity contribution in [3.8, 4) is 11.5 Å². The van der Waals surface area contributed by atoms with Gasteiger partial charge in [0, 0.05) is 17.7 Å². The Hall–Kier alpha value is -1.22. The highest BCUT2D eigenvalue weighted by Gasteiger charge is 2.27. The molecule has 1 atom stereocenters. The van der Waals surface area contributed by atoms with Crippen molar-refractivity contribution < 1.29 is 10.2 Å². The lowest BCUT2D eigenvalue weighted by atomic mass is 9.77. The zero-order valence-corrected chi connectivity index (χ0v) is 7.98. The molecule has 0 spiro atoms. The maximum atomic E-state index is 9.59. The molecule has 0 bridgehead atoms. The SMILES string of the molecule is NC(c1ccc(O)cc1O)C1CCC1. The molecule has 14 heavy (non-hydrogen) atoms. The smallest absolute Gasteiger partial charge is 0.124 e. The Morgan fingerprint density at radius 2 is 2.00 bits per heavy atom. The number of phenolic OH excluding ortho intramolecular Hbond substituents is 2. The van der Waals surface area contributed by atoms with E-state index in [2.05, 4.69) is 0 Å². The summed E-state index contributed by atoms with van der Waals surface area (Å²) in [6.45, 7) is 0. The van der Waals surface area contributed by atoms with Gasteiger partial charge in [0.15, 0.2) is 0 Å². The van der Waals surface area contributed by atoms with Gasteiger partial charge in [-0.2, -0.15) is 0 Å². The van der Waals surface area contributed by atoms with Crippen LogP contribution in [0.15, 0.2) is 18.2 Å². The quantitative estimate of drug-likeness (QED) is 0.672. The Balaban J connectivity index is 2.22. The maximum absolute atomic E-state index is 9.59. The first-order chi connectivity index (χ1) is 6.68. The van der Waals surface area contributed by atoms with Gasteiger partial charge in [0.25, 0.3) is 0 Å². The van der Waals surface area contributed by atoms with Gasteiger partial charge in [-0.15, -0.1) is 0 Å². The van der Waals surface area contributed by atoms with Crippen LogP contribution in [0.25, 0.3) is 0 Å². The van der Waals surface area contributed by atoms with E-state index >= 15 is 0 Å². The van der Waals surface area contributed by atoms with Crippen LogP contribution in [-0.4, -0.2) is 10.2 Å². The predicted molar refractivity (Wildman–Crippen MR) is 54.0 cm³/mol. The zero-order chi connectivity index (χ0) is 10.1. The third-order valence-corrected chi connectivity index (χ3v) is 3.03. The second-order valence-electron chi connectivity index (χ2n) is 3.96. The third kappa shape index (κ3) is 1.55. The van der Waals surface area contributed by atoms with Crippen molar-refractivity contribution in [3.63, 3.8) is 0 Å². The molecule has 0 aromatic heterocycles. The molecule has 4 N–H and O–H groups in total. The molecule has 0 saturated heterocycles. The van der Waals surface area contributed by atoms with Crippen LogP contribution in [0.4, 0.5) is 0 Å². The summed E-state index contributed by atoms with van der Waals surface area (Å²) in [4.78, 5) is 0. The molecule has 0 heterocycles. The summed E-state index contributed by atoms with van der Waals surface area (Å²) in [6, 6.07) is 4.51. The number of nitrogens with two attached hydrogens (primary N) is 1. The third-order valence-electron chi connectivity index (χ3n) is 3.03. The van der Waals surface area contributed by atoms with Gasteiger partial charge in [0.2, 0.25) is 0 Å².